The monoisotopic (exact) mass is 386 g/mol. The highest BCUT2D eigenvalue weighted by atomic mass is 32.2. The van der Waals surface area contributed by atoms with Crippen LogP contribution in [-0.2, 0) is 13.0 Å². The van der Waals surface area contributed by atoms with Gasteiger partial charge in [0.2, 0.25) is 0 Å². The van der Waals surface area contributed by atoms with Gasteiger partial charge in [0, 0.05) is 34.2 Å². The Hall–Kier alpha value is -1.66. The van der Waals surface area contributed by atoms with Crippen LogP contribution in [0.25, 0.3) is 0 Å². The van der Waals surface area contributed by atoms with Gasteiger partial charge in [0.25, 0.3) is 5.91 Å². The summed E-state index contributed by atoms with van der Waals surface area (Å²) in [5, 5.41) is 4.61. The first-order valence-corrected chi connectivity index (χ1v) is 10.9. The standard InChI is InChI=1S/C20H22N2O2S2/c1-11-17-15(8-9-16-18(17)22-12(2)26-16)24-19(11)20(23)21-10-13-4-6-14(25-3)7-5-13/h4-7,16,18H,8-10H2,1-3H3,(H,21,23)/t16-,18+/m1/s1. The van der Waals surface area contributed by atoms with E-state index in [9.17, 15) is 4.79 Å². The molecule has 1 aliphatic carbocycles. The molecule has 0 spiro atoms. The molecule has 0 unspecified atom stereocenters. The molecule has 1 aliphatic heterocycles. The normalized spacial score (nSPS) is 21.1. The van der Waals surface area contributed by atoms with Crippen molar-refractivity contribution in [3.05, 3.63) is 52.5 Å². The van der Waals surface area contributed by atoms with E-state index in [1.165, 1.54) is 4.90 Å². The van der Waals surface area contributed by atoms with E-state index >= 15 is 0 Å². The van der Waals surface area contributed by atoms with Crippen molar-refractivity contribution in [3.8, 4) is 0 Å². The largest absolute Gasteiger partial charge is 0.455 e. The van der Waals surface area contributed by atoms with Crippen LogP contribution < -0.4 is 5.32 Å². The Kier molecular flexibility index (Phi) is 4.88. The Morgan fingerprint density at radius 2 is 2.12 bits per heavy atom. The first-order valence-electron chi connectivity index (χ1n) is 8.81. The smallest absolute Gasteiger partial charge is 0.287 e. The van der Waals surface area contributed by atoms with E-state index in [2.05, 4.69) is 30.6 Å². The predicted octanol–water partition coefficient (Wildman–Crippen LogP) is 4.76. The zero-order valence-corrected chi connectivity index (χ0v) is 16.8. The first-order chi connectivity index (χ1) is 12.6. The summed E-state index contributed by atoms with van der Waals surface area (Å²) in [6.07, 6.45) is 3.99. The SMILES string of the molecule is CSc1ccc(CNC(=O)c2oc3c(c2C)[C@H]2N=C(C)S[C@@H]2CC3)cc1. The van der Waals surface area contributed by atoms with E-state index < -0.39 is 0 Å². The van der Waals surface area contributed by atoms with Crippen molar-refractivity contribution in [1.29, 1.82) is 0 Å². The van der Waals surface area contributed by atoms with Gasteiger partial charge in [0.15, 0.2) is 5.76 Å². The number of furan rings is 1. The van der Waals surface area contributed by atoms with Crippen molar-refractivity contribution in [3.63, 3.8) is 0 Å². The summed E-state index contributed by atoms with van der Waals surface area (Å²) in [5.41, 5.74) is 3.17. The van der Waals surface area contributed by atoms with E-state index in [4.69, 9.17) is 9.41 Å². The maximum Gasteiger partial charge on any atom is 0.287 e. The second kappa shape index (κ2) is 7.16. The second-order valence-electron chi connectivity index (χ2n) is 6.71. The minimum atomic E-state index is -0.145. The molecule has 0 bridgehead atoms. The number of nitrogens with zero attached hydrogens (tertiary/aromatic N) is 1. The Labute approximate surface area is 162 Å². The Bertz CT molecular complexity index is 871. The number of hydrogen-bond donors (Lipinski definition) is 1. The van der Waals surface area contributed by atoms with Gasteiger partial charge in [-0.25, -0.2) is 0 Å². The molecule has 1 aromatic heterocycles. The highest BCUT2D eigenvalue weighted by Gasteiger charge is 2.39. The average molecular weight is 387 g/mol. The molecule has 1 aromatic carbocycles. The Morgan fingerprint density at radius 1 is 1.35 bits per heavy atom. The van der Waals surface area contributed by atoms with Crippen LogP contribution in [0.15, 0.2) is 38.6 Å². The third kappa shape index (κ3) is 3.21. The molecule has 6 heteroatoms. The van der Waals surface area contributed by atoms with Crippen LogP contribution in [0.5, 0.6) is 0 Å². The molecular formula is C20H22N2O2S2. The van der Waals surface area contributed by atoms with Crippen molar-refractivity contribution < 1.29 is 9.21 Å². The molecule has 26 heavy (non-hydrogen) atoms. The van der Waals surface area contributed by atoms with Crippen molar-refractivity contribution >= 4 is 34.5 Å². The number of aliphatic imine (C=N–C) groups is 1. The summed E-state index contributed by atoms with van der Waals surface area (Å²) in [5.74, 6) is 1.24. The fourth-order valence-corrected chi connectivity index (χ4v) is 5.30. The minimum Gasteiger partial charge on any atom is -0.455 e. The third-order valence-corrected chi connectivity index (χ3v) is 7.02. The van der Waals surface area contributed by atoms with Crippen LogP contribution in [0.1, 0.15) is 52.4 Å². The number of thioether (sulfide) groups is 2. The van der Waals surface area contributed by atoms with Crippen LogP contribution in [0, 0.1) is 6.92 Å². The van der Waals surface area contributed by atoms with Gasteiger partial charge in [-0.3, -0.25) is 9.79 Å². The van der Waals surface area contributed by atoms with Gasteiger partial charge in [0.1, 0.15) is 5.76 Å². The van der Waals surface area contributed by atoms with Crippen molar-refractivity contribution in [2.24, 2.45) is 4.99 Å². The van der Waals surface area contributed by atoms with Crippen molar-refractivity contribution in [2.75, 3.05) is 6.26 Å². The summed E-state index contributed by atoms with van der Waals surface area (Å²) in [6.45, 7) is 4.55. The number of fused-ring (bicyclic) bond motifs is 3. The summed E-state index contributed by atoms with van der Waals surface area (Å²) < 4.78 is 5.97. The zero-order chi connectivity index (χ0) is 18.3. The van der Waals surface area contributed by atoms with Crippen molar-refractivity contribution in [2.45, 2.75) is 49.4 Å². The number of amides is 1. The van der Waals surface area contributed by atoms with Crippen LogP contribution in [0.3, 0.4) is 0 Å². The van der Waals surface area contributed by atoms with Gasteiger partial charge in [0.05, 0.1) is 11.1 Å². The third-order valence-electron chi connectivity index (χ3n) is 5.04. The van der Waals surface area contributed by atoms with E-state index in [1.54, 1.807) is 11.8 Å². The lowest BCUT2D eigenvalue weighted by Crippen LogP contribution is -2.23. The summed E-state index contributed by atoms with van der Waals surface area (Å²) in [7, 11) is 0. The molecular weight excluding hydrogens is 364 g/mol. The number of rotatable bonds is 4. The fourth-order valence-electron chi connectivity index (χ4n) is 3.71. The van der Waals surface area contributed by atoms with Crippen LogP contribution in [0.2, 0.25) is 0 Å². The fraction of sp³-hybridized carbons (Fsp3) is 0.400. The maximum atomic E-state index is 12.7. The number of aryl methyl sites for hydroxylation is 1. The number of benzene rings is 1. The van der Waals surface area contributed by atoms with Crippen molar-refractivity contribution in [1.82, 2.24) is 5.32 Å². The highest BCUT2D eigenvalue weighted by molar-refractivity contribution is 8.14. The molecule has 2 atom stereocenters. The maximum absolute atomic E-state index is 12.7. The summed E-state index contributed by atoms with van der Waals surface area (Å²) in [4.78, 5) is 18.7. The Morgan fingerprint density at radius 3 is 2.85 bits per heavy atom. The predicted molar refractivity (Wildman–Crippen MR) is 108 cm³/mol. The number of carbonyl (C=O) groups excluding carboxylic acids is 1. The molecule has 2 aromatic rings. The quantitative estimate of drug-likeness (QED) is 0.770. The number of nitrogens with one attached hydrogen (secondary N) is 1. The summed E-state index contributed by atoms with van der Waals surface area (Å²) in [6, 6.07) is 8.38. The van der Waals surface area contributed by atoms with E-state index in [-0.39, 0.29) is 11.9 Å². The topological polar surface area (TPSA) is 54.6 Å². The molecule has 0 fully saturated rings. The van der Waals surface area contributed by atoms with Crippen LogP contribution in [0.4, 0.5) is 0 Å². The zero-order valence-electron chi connectivity index (χ0n) is 15.2. The van der Waals surface area contributed by atoms with Gasteiger partial charge in [-0.05, 0) is 44.2 Å². The molecule has 4 nitrogen and oxygen atoms in total. The second-order valence-corrected chi connectivity index (χ2v) is 9.02. The van der Waals surface area contributed by atoms with E-state index in [1.807, 2.05) is 30.8 Å². The lowest BCUT2D eigenvalue weighted by atomic mass is 9.90. The lowest BCUT2D eigenvalue weighted by molar-refractivity contribution is 0.0920. The van der Waals surface area contributed by atoms with Gasteiger partial charge in [-0.1, -0.05) is 12.1 Å². The van der Waals surface area contributed by atoms with Crippen LogP contribution in [-0.4, -0.2) is 22.5 Å². The number of hydrogen-bond acceptors (Lipinski definition) is 5. The molecule has 4 rings (SSSR count). The van der Waals surface area contributed by atoms with Gasteiger partial charge in [-0.2, -0.15) is 0 Å². The molecule has 0 saturated carbocycles. The molecule has 2 heterocycles. The Balaban J connectivity index is 1.51. The molecule has 2 aliphatic rings. The average Bonchev–Trinajstić information content (AvgIpc) is 3.19. The van der Waals surface area contributed by atoms with Gasteiger partial charge < -0.3 is 9.73 Å². The molecule has 0 saturated heterocycles. The summed E-state index contributed by atoms with van der Waals surface area (Å²) >= 11 is 3.56. The minimum absolute atomic E-state index is 0.145. The molecule has 1 amide bonds. The molecule has 1 N–H and O–H groups in total. The number of carbonyl (C=O) groups is 1. The van der Waals surface area contributed by atoms with Crippen LogP contribution >= 0.6 is 23.5 Å². The highest BCUT2D eigenvalue weighted by Crippen LogP contribution is 2.47. The molecule has 136 valence electrons. The molecule has 0 radical (unpaired) electrons. The van der Waals surface area contributed by atoms with E-state index in [0.717, 1.165) is 40.3 Å². The lowest BCUT2D eigenvalue weighted by Gasteiger charge is -2.22. The van der Waals surface area contributed by atoms with Gasteiger partial charge >= 0.3 is 0 Å². The first kappa shape index (κ1) is 17.7. The van der Waals surface area contributed by atoms with Gasteiger partial charge in [-0.15, -0.1) is 23.5 Å². The van der Waals surface area contributed by atoms with E-state index in [0.29, 0.717) is 17.6 Å².